The van der Waals surface area contributed by atoms with Crippen LogP contribution in [0.3, 0.4) is 0 Å². The van der Waals surface area contributed by atoms with Crippen LogP contribution in [0.2, 0.25) is 0 Å². The zero-order valence-corrected chi connectivity index (χ0v) is 16.2. The van der Waals surface area contributed by atoms with Gasteiger partial charge in [0.15, 0.2) is 5.76 Å². The predicted molar refractivity (Wildman–Crippen MR) is 112 cm³/mol. The Labute approximate surface area is 166 Å². The highest BCUT2D eigenvalue weighted by Crippen LogP contribution is 2.28. The van der Waals surface area contributed by atoms with Crippen molar-refractivity contribution in [3.8, 4) is 0 Å². The van der Waals surface area contributed by atoms with Crippen molar-refractivity contribution in [2.75, 3.05) is 10.6 Å². The molecule has 2 amide bonds. The van der Waals surface area contributed by atoms with Gasteiger partial charge in [0, 0.05) is 22.3 Å². The Balaban J connectivity index is 1.49. The van der Waals surface area contributed by atoms with E-state index in [1.807, 2.05) is 43.5 Å². The number of para-hydroxylation sites is 1. The Bertz CT molecular complexity index is 1160. The van der Waals surface area contributed by atoms with Gasteiger partial charge in [-0.3, -0.25) is 9.59 Å². The summed E-state index contributed by atoms with van der Waals surface area (Å²) in [6.45, 7) is 3.83. The molecule has 0 spiro atoms. The molecule has 4 aromatic rings. The zero-order valence-electron chi connectivity index (χ0n) is 15.4. The molecule has 2 heterocycles. The van der Waals surface area contributed by atoms with Crippen molar-refractivity contribution in [3.63, 3.8) is 0 Å². The first-order chi connectivity index (χ1) is 13.5. The number of furan rings is 1. The van der Waals surface area contributed by atoms with Crippen LogP contribution < -0.4 is 10.6 Å². The lowest BCUT2D eigenvalue weighted by Crippen LogP contribution is -2.13. The van der Waals surface area contributed by atoms with Gasteiger partial charge in [-0.05, 0) is 55.1 Å². The second kappa shape index (κ2) is 7.32. The Morgan fingerprint density at radius 3 is 2.14 bits per heavy atom. The highest BCUT2D eigenvalue weighted by atomic mass is 32.1. The van der Waals surface area contributed by atoms with E-state index in [4.69, 9.17) is 4.42 Å². The normalized spacial score (nSPS) is 10.8. The summed E-state index contributed by atoms with van der Waals surface area (Å²) < 4.78 is 5.81. The van der Waals surface area contributed by atoms with E-state index in [-0.39, 0.29) is 11.8 Å². The van der Waals surface area contributed by atoms with E-state index in [0.717, 1.165) is 22.1 Å². The molecule has 0 saturated carbocycles. The van der Waals surface area contributed by atoms with Gasteiger partial charge in [-0.25, -0.2) is 0 Å². The maximum atomic E-state index is 12.7. The van der Waals surface area contributed by atoms with Gasteiger partial charge >= 0.3 is 0 Å². The molecule has 4 rings (SSSR count). The van der Waals surface area contributed by atoms with E-state index in [0.29, 0.717) is 22.0 Å². The average molecular weight is 390 g/mol. The van der Waals surface area contributed by atoms with Crippen molar-refractivity contribution in [2.45, 2.75) is 13.8 Å². The van der Waals surface area contributed by atoms with Gasteiger partial charge in [-0.15, -0.1) is 11.3 Å². The third-order valence-electron chi connectivity index (χ3n) is 4.51. The van der Waals surface area contributed by atoms with Crippen LogP contribution in [-0.2, 0) is 0 Å². The van der Waals surface area contributed by atoms with Crippen molar-refractivity contribution in [1.29, 1.82) is 0 Å². The summed E-state index contributed by atoms with van der Waals surface area (Å²) in [7, 11) is 0. The molecule has 140 valence electrons. The third kappa shape index (κ3) is 3.42. The molecule has 0 radical (unpaired) electrons. The summed E-state index contributed by atoms with van der Waals surface area (Å²) in [5.41, 5.74) is 3.82. The number of anilines is 2. The number of rotatable bonds is 4. The number of nitrogens with one attached hydrogen (secondary N) is 2. The number of carbonyl (C=O) groups excluding carboxylic acids is 2. The molecule has 0 bridgehead atoms. The summed E-state index contributed by atoms with van der Waals surface area (Å²) in [4.78, 5) is 25.4. The molecule has 0 aliphatic rings. The first-order valence-corrected chi connectivity index (χ1v) is 9.66. The summed E-state index contributed by atoms with van der Waals surface area (Å²) in [5, 5.41) is 8.47. The van der Waals surface area contributed by atoms with E-state index in [1.165, 1.54) is 11.3 Å². The van der Waals surface area contributed by atoms with Gasteiger partial charge < -0.3 is 15.1 Å². The standard InChI is InChI=1S/C22H18N2O3S/c1-13-5-3-6-17-14(2)20(27-19(13)17)22(26)24-16-10-8-15(9-11-16)23-21(25)18-7-4-12-28-18/h3-12H,1-2H3,(H,23,25)(H,24,26). The van der Waals surface area contributed by atoms with Crippen molar-refractivity contribution in [3.05, 3.63) is 81.7 Å². The number of hydrogen-bond donors (Lipinski definition) is 2. The lowest BCUT2D eigenvalue weighted by atomic mass is 10.1. The van der Waals surface area contributed by atoms with Gasteiger partial charge in [0.05, 0.1) is 4.88 Å². The Hall–Kier alpha value is -3.38. The number of benzene rings is 2. The van der Waals surface area contributed by atoms with Crippen LogP contribution in [0.1, 0.15) is 31.4 Å². The van der Waals surface area contributed by atoms with Crippen LogP contribution in [0.25, 0.3) is 11.0 Å². The monoisotopic (exact) mass is 390 g/mol. The van der Waals surface area contributed by atoms with Crippen molar-refractivity contribution in [1.82, 2.24) is 0 Å². The van der Waals surface area contributed by atoms with E-state index in [2.05, 4.69) is 10.6 Å². The fraction of sp³-hybridized carbons (Fsp3) is 0.0909. The largest absolute Gasteiger partial charge is 0.450 e. The number of hydrogen-bond acceptors (Lipinski definition) is 4. The van der Waals surface area contributed by atoms with Crippen LogP contribution in [-0.4, -0.2) is 11.8 Å². The highest BCUT2D eigenvalue weighted by Gasteiger charge is 2.18. The number of aryl methyl sites for hydroxylation is 2. The maximum absolute atomic E-state index is 12.7. The van der Waals surface area contributed by atoms with Gasteiger partial charge in [0.1, 0.15) is 5.58 Å². The van der Waals surface area contributed by atoms with Gasteiger partial charge in [0.25, 0.3) is 11.8 Å². The summed E-state index contributed by atoms with van der Waals surface area (Å²) >= 11 is 1.38. The number of thiophene rings is 1. The van der Waals surface area contributed by atoms with Gasteiger partial charge in [-0.1, -0.05) is 24.3 Å². The summed E-state index contributed by atoms with van der Waals surface area (Å²) in [6, 6.07) is 16.4. The molecule has 28 heavy (non-hydrogen) atoms. The topological polar surface area (TPSA) is 71.3 Å². The van der Waals surface area contributed by atoms with Crippen LogP contribution in [0.5, 0.6) is 0 Å². The molecular weight excluding hydrogens is 372 g/mol. The van der Waals surface area contributed by atoms with Crippen LogP contribution in [0, 0.1) is 13.8 Å². The van der Waals surface area contributed by atoms with Crippen molar-refractivity contribution >= 4 is 45.5 Å². The highest BCUT2D eigenvalue weighted by molar-refractivity contribution is 7.12. The minimum Gasteiger partial charge on any atom is -0.450 e. The van der Waals surface area contributed by atoms with Crippen molar-refractivity contribution < 1.29 is 14.0 Å². The van der Waals surface area contributed by atoms with Crippen LogP contribution in [0.15, 0.2) is 64.4 Å². The summed E-state index contributed by atoms with van der Waals surface area (Å²) in [5.74, 6) is -0.150. The van der Waals surface area contributed by atoms with E-state index >= 15 is 0 Å². The van der Waals surface area contributed by atoms with Crippen molar-refractivity contribution in [2.24, 2.45) is 0 Å². The molecule has 0 saturated heterocycles. The second-order valence-electron chi connectivity index (χ2n) is 6.47. The van der Waals surface area contributed by atoms with Gasteiger partial charge in [-0.2, -0.15) is 0 Å². The predicted octanol–water partition coefficient (Wildman–Crippen LogP) is 5.62. The molecule has 2 aromatic heterocycles. The molecule has 0 atom stereocenters. The van der Waals surface area contributed by atoms with E-state index in [1.54, 1.807) is 30.3 Å². The molecule has 0 unspecified atom stereocenters. The zero-order chi connectivity index (χ0) is 19.7. The molecule has 0 aliphatic heterocycles. The summed E-state index contributed by atoms with van der Waals surface area (Å²) in [6.07, 6.45) is 0. The number of amides is 2. The Morgan fingerprint density at radius 2 is 1.54 bits per heavy atom. The first-order valence-electron chi connectivity index (χ1n) is 8.78. The molecule has 2 aromatic carbocycles. The van der Waals surface area contributed by atoms with E-state index < -0.39 is 0 Å². The Morgan fingerprint density at radius 1 is 0.857 bits per heavy atom. The fourth-order valence-electron chi connectivity index (χ4n) is 3.03. The number of fused-ring (bicyclic) bond motifs is 1. The quantitative estimate of drug-likeness (QED) is 0.475. The Kier molecular flexibility index (Phi) is 4.71. The fourth-order valence-corrected chi connectivity index (χ4v) is 3.64. The minimum absolute atomic E-state index is 0.153. The lowest BCUT2D eigenvalue weighted by molar-refractivity contribution is 0.0995. The average Bonchev–Trinajstić information content (AvgIpc) is 3.33. The molecule has 5 nitrogen and oxygen atoms in total. The van der Waals surface area contributed by atoms with Gasteiger partial charge in [0.2, 0.25) is 0 Å². The smallest absolute Gasteiger partial charge is 0.291 e. The molecule has 6 heteroatoms. The molecule has 0 aliphatic carbocycles. The maximum Gasteiger partial charge on any atom is 0.291 e. The van der Waals surface area contributed by atoms with E-state index in [9.17, 15) is 9.59 Å². The second-order valence-corrected chi connectivity index (χ2v) is 7.42. The lowest BCUT2D eigenvalue weighted by Gasteiger charge is -2.07. The first kappa shape index (κ1) is 18.0. The minimum atomic E-state index is -0.302. The molecule has 0 fully saturated rings. The van der Waals surface area contributed by atoms with Crippen LogP contribution in [0.4, 0.5) is 11.4 Å². The molecule has 2 N–H and O–H groups in total. The third-order valence-corrected chi connectivity index (χ3v) is 5.38. The molecular formula is C22H18N2O3S. The number of carbonyl (C=O) groups is 2. The SMILES string of the molecule is Cc1c(C(=O)Nc2ccc(NC(=O)c3cccs3)cc2)oc2c(C)cccc12. The van der Waals surface area contributed by atoms with Crippen LogP contribution >= 0.6 is 11.3 Å².